The second-order valence-electron chi connectivity index (χ2n) is 5.43. The van der Waals surface area contributed by atoms with Gasteiger partial charge in [-0.2, -0.15) is 0 Å². The van der Waals surface area contributed by atoms with Crippen molar-refractivity contribution in [3.63, 3.8) is 0 Å². The molecule has 3 N–H and O–H groups in total. The van der Waals surface area contributed by atoms with E-state index >= 15 is 0 Å². The Morgan fingerprint density at radius 2 is 2.05 bits per heavy atom. The van der Waals surface area contributed by atoms with Gasteiger partial charge in [-0.3, -0.25) is 11.3 Å². The average Bonchev–Trinajstić information content (AvgIpc) is 2.87. The van der Waals surface area contributed by atoms with Crippen LogP contribution in [0.3, 0.4) is 0 Å². The molecule has 0 bridgehead atoms. The smallest absolute Gasteiger partial charge is 0.122 e. The first-order valence-corrected chi connectivity index (χ1v) is 7.54. The van der Waals surface area contributed by atoms with E-state index in [-0.39, 0.29) is 0 Å². The van der Waals surface area contributed by atoms with Gasteiger partial charge in [0.05, 0.1) is 6.61 Å². The topological polar surface area (TPSA) is 47.3 Å². The maximum absolute atomic E-state index is 5.75. The Balaban J connectivity index is 1.85. The largest absolute Gasteiger partial charge is 0.493 e. The minimum atomic E-state index is 0.324. The second-order valence-corrected chi connectivity index (χ2v) is 5.43. The number of hydrazine groups is 1. The van der Waals surface area contributed by atoms with E-state index in [0.29, 0.717) is 12.0 Å². The lowest BCUT2D eigenvalue weighted by Gasteiger charge is -2.21. The third kappa shape index (κ3) is 3.71. The van der Waals surface area contributed by atoms with Gasteiger partial charge in [-0.05, 0) is 12.5 Å². The summed E-state index contributed by atoms with van der Waals surface area (Å²) in [6.45, 7) is 3.00. The molecule has 106 valence electrons. The Morgan fingerprint density at radius 3 is 2.84 bits per heavy atom. The van der Waals surface area contributed by atoms with Gasteiger partial charge in [0.2, 0.25) is 0 Å². The van der Waals surface area contributed by atoms with E-state index < -0.39 is 0 Å². The number of nitrogens with one attached hydrogen (secondary N) is 1. The normalized spacial score (nSPS) is 18.9. The van der Waals surface area contributed by atoms with E-state index in [2.05, 4.69) is 24.5 Å². The lowest BCUT2D eigenvalue weighted by Crippen LogP contribution is -2.40. The standard InChI is InChI=1S/C16H26N2O/c1-2-3-4-5-6-10-15(18-17)14-12-19-16-11-8-7-9-13(14)16/h7-9,11,14-15,18H,2-6,10,12,17H2,1H3. The first-order valence-electron chi connectivity index (χ1n) is 7.54. The molecule has 0 radical (unpaired) electrons. The summed E-state index contributed by atoms with van der Waals surface area (Å²) in [5.74, 6) is 7.17. The SMILES string of the molecule is CCCCCCCC(NN)C1COc2ccccc21. The number of para-hydroxylation sites is 1. The maximum atomic E-state index is 5.75. The average molecular weight is 262 g/mol. The lowest BCUT2D eigenvalue weighted by molar-refractivity contribution is 0.289. The van der Waals surface area contributed by atoms with Crippen LogP contribution in [0, 0.1) is 0 Å². The number of benzene rings is 1. The van der Waals surface area contributed by atoms with Crippen molar-refractivity contribution in [3.8, 4) is 5.75 Å². The number of nitrogens with two attached hydrogens (primary N) is 1. The van der Waals surface area contributed by atoms with Crippen molar-refractivity contribution >= 4 is 0 Å². The first-order chi connectivity index (χ1) is 9.36. The van der Waals surface area contributed by atoms with Crippen LogP contribution < -0.4 is 16.0 Å². The zero-order valence-electron chi connectivity index (χ0n) is 11.9. The summed E-state index contributed by atoms with van der Waals surface area (Å²) in [5.41, 5.74) is 4.30. The van der Waals surface area contributed by atoms with E-state index in [1.165, 1.54) is 37.7 Å². The number of fused-ring (bicyclic) bond motifs is 1. The molecular formula is C16H26N2O. The molecular weight excluding hydrogens is 236 g/mol. The van der Waals surface area contributed by atoms with Crippen molar-refractivity contribution in [2.45, 2.75) is 57.4 Å². The fraction of sp³-hybridized carbons (Fsp3) is 0.625. The molecule has 1 heterocycles. The number of ether oxygens (including phenoxy) is 1. The molecule has 1 aromatic carbocycles. The number of hydrogen-bond donors (Lipinski definition) is 2. The minimum absolute atomic E-state index is 0.324. The summed E-state index contributed by atoms with van der Waals surface area (Å²) in [6.07, 6.45) is 7.65. The summed E-state index contributed by atoms with van der Waals surface area (Å²) < 4.78 is 5.74. The molecule has 1 aromatic rings. The maximum Gasteiger partial charge on any atom is 0.122 e. The van der Waals surface area contributed by atoms with Crippen molar-refractivity contribution < 1.29 is 4.74 Å². The Bertz CT molecular complexity index is 381. The van der Waals surface area contributed by atoms with Gasteiger partial charge >= 0.3 is 0 Å². The van der Waals surface area contributed by atoms with Crippen molar-refractivity contribution in [2.24, 2.45) is 5.84 Å². The summed E-state index contributed by atoms with van der Waals surface area (Å²) in [4.78, 5) is 0. The number of rotatable bonds is 8. The molecule has 2 unspecified atom stereocenters. The monoisotopic (exact) mass is 262 g/mol. The molecule has 0 saturated heterocycles. The van der Waals surface area contributed by atoms with Gasteiger partial charge in [-0.25, -0.2) is 0 Å². The van der Waals surface area contributed by atoms with Crippen molar-refractivity contribution in [1.82, 2.24) is 5.43 Å². The van der Waals surface area contributed by atoms with Crippen LogP contribution in [-0.2, 0) is 0 Å². The third-order valence-corrected chi connectivity index (χ3v) is 4.06. The van der Waals surface area contributed by atoms with Crippen LogP contribution in [-0.4, -0.2) is 12.6 Å². The number of hydrogen-bond acceptors (Lipinski definition) is 3. The van der Waals surface area contributed by atoms with Crippen LogP contribution >= 0.6 is 0 Å². The Morgan fingerprint density at radius 1 is 1.26 bits per heavy atom. The molecule has 0 aliphatic carbocycles. The van der Waals surface area contributed by atoms with Crippen molar-refractivity contribution in [2.75, 3.05) is 6.61 Å². The Hall–Kier alpha value is -1.06. The summed E-state index contributed by atoms with van der Waals surface area (Å²) in [5, 5.41) is 0. The minimum Gasteiger partial charge on any atom is -0.493 e. The zero-order chi connectivity index (χ0) is 13.5. The van der Waals surface area contributed by atoms with Gasteiger partial charge in [0.1, 0.15) is 5.75 Å². The van der Waals surface area contributed by atoms with Crippen LogP contribution in [0.2, 0.25) is 0 Å². The molecule has 1 aliphatic heterocycles. The quantitative estimate of drug-likeness (QED) is 0.429. The lowest BCUT2D eigenvalue weighted by atomic mass is 9.90. The van der Waals surface area contributed by atoms with E-state index in [9.17, 15) is 0 Å². The highest BCUT2D eigenvalue weighted by Crippen LogP contribution is 2.36. The van der Waals surface area contributed by atoms with E-state index in [0.717, 1.165) is 18.8 Å². The van der Waals surface area contributed by atoms with Crippen LogP contribution in [0.4, 0.5) is 0 Å². The molecule has 0 spiro atoms. The zero-order valence-corrected chi connectivity index (χ0v) is 11.9. The molecule has 0 saturated carbocycles. The van der Waals surface area contributed by atoms with E-state index in [4.69, 9.17) is 10.6 Å². The highest BCUT2D eigenvalue weighted by Gasteiger charge is 2.30. The third-order valence-electron chi connectivity index (χ3n) is 4.06. The molecule has 3 nitrogen and oxygen atoms in total. The van der Waals surface area contributed by atoms with Gasteiger partial charge in [0.25, 0.3) is 0 Å². The summed E-state index contributed by atoms with van der Waals surface area (Å²) in [6, 6.07) is 8.63. The van der Waals surface area contributed by atoms with Crippen molar-refractivity contribution in [3.05, 3.63) is 29.8 Å². The van der Waals surface area contributed by atoms with Crippen LogP contribution in [0.5, 0.6) is 5.75 Å². The molecule has 3 heteroatoms. The molecule has 1 aliphatic rings. The predicted molar refractivity (Wildman–Crippen MR) is 79.2 cm³/mol. The highest BCUT2D eigenvalue weighted by molar-refractivity contribution is 5.40. The van der Waals surface area contributed by atoms with Gasteiger partial charge in [-0.15, -0.1) is 0 Å². The molecule has 0 amide bonds. The molecule has 2 atom stereocenters. The second kappa shape index (κ2) is 7.51. The van der Waals surface area contributed by atoms with E-state index in [1.807, 2.05) is 12.1 Å². The van der Waals surface area contributed by atoms with Crippen LogP contribution in [0.25, 0.3) is 0 Å². The van der Waals surface area contributed by atoms with Crippen molar-refractivity contribution in [1.29, 1.82) is 0 Å². The number of unbranched alkanes of at least 4 members (excludes halogenated alkanes) is 4. The highest BCUT2D eigenvalue weighted by atomic mass is 16.5. The Labute approximate surface area is 116 Å². The predicted octanol–water partition coefficient (Wildman–Crippen LogP) is 3.36. The van der Waals surface area contributed by atoms with Crippen LogP contribution in [0.15, 0.2) is 24.3 Å². The molecule has 2 rings (SSSR count). The van der Waals surface area contributed by atoms with Gasteiger partial charge in [-0.1, -0.05) is 57.2 Å². The Kier molecular flexibility index (Phi) is 5.67. The van der Waals surface area contributed by atoms with Gasteiger partial charge < -0.3 is 4.74 Å². The van der Waals surface area contributed by atoms with Gasteiger partial charge in [0.15, 0.2) is 0 Å². The molecule has 0 fully saturated rings. The molecule has 0 aromatic heterocycles. The van der Waals surface area contributed by atoms with E-state index in [1.54, 1.807) is 0 Å². The van der Waals surface area contributed by atoms with Gasteiger partial charge in [0, 0.05) is 17.5 Å². The summed E-state index contributed by atoms with van der Waals surface area (Å²) >= 11 is 0. The van der Waals surface area contributed by atoms with Crippen LogP contribution in [0.1, 0.15) is 56.9 Å². The summed E-state index contributed by atoms with van der Waals surface area (Å²) in [7, 11) is 0. The fourth-order valence-corrected chi connectivity index (χ4v) is 2.89. The first kappa shape index (κ1) is 14.4. The molecule has 19 heavy (non-hydrogen) atoms. The fourth-order valence-electron chi connectivity index (χ4n) is 2.89.